The van der Waals surface area contributed by atoms with E-state index in [1.165, 1.54) is 28.3 Å². The van der Waals surface area contributed by atoms with Crippen LogP contribution in [0.25, 0.3) is 6.08 Å². The van der Waals surface area contributed by atoms with Crippen LogP contribution in [0.15, 0.2) is 22.0 Å². The number of hydrogen-bond acceptors (Lipinski definition) is 6. The molecule has 0 aromatic heterocycles. The molecule has 2 amide bonds. The molecule has 0 fully saturated rings. The van der Waals surface area contributed by atoms with Crippen LogP contribution in [-0.4, -0.2) is 38.3 Å². The van der Waals surface area contributed by atoms with Gasteiger partial charge in [-0.1, -0.05) is 0 Å². The van der Waals surface area contributed by atoms with Gasteiger partial charge in [0, 0.05) is 6.92 Å². The summed E-state index contributed by atoms with van der Waals surface area (Å²) in [5.74, 6) is 0.748. The summed E-state index contributed by atoms with van der Waals surface area (Å²) in [5, 5.41) is 2.76. The lowest BCUT2D eigenvalue weighted by Gasteiger charge is -2.13. The highest BCUT2D eigenvalue weighted by atomic mass is 32.2. The number of rotatable bonds is 4. The zero-order valence-electron chi connectivity index (χ0n) is 13.1. The summed E-state index contributed by atoms with van der Waals surface area (Å²) in [5.41, 5.74) is 0.689. The summed E-state index contributed by atoms with van der Waals surface area (Å²) in [7, 11) is 4.55. The quantitative estimate of drug-likeness (QED) is 0.844. The molecule has 122 valence electrons. The molecular formula is C15H16N2O5S. The third-order valence-corrected chi connectivity index (χ3v) is 3.79. The Labute approximate surface area is 137 Å². The number of hydrogen-bond donors (Lipinski definition) is 1. The molecule has 8 heteroatoms. The van der Waals surface area contributed by atoms with Crippen molar-refractivity contribution in [3.8, 4) is 17.2 Å². The van der Waals surface area contributed by atoms with E-state index in [4.69, 9.17) is 14.2 Å². The molecule has 0 unspecified atom stereocenters. The molecule has 1 aliphatic rings. The maximum atomic E-state index is 11.9. The Morgan fingerprint density at radius 1 is 1.17 bits per heavy atom. The van der Waals surface area contributed by atoms with E-state index < -0.39 is 5.91 Å². The van der Waals surface area contributed by atoms with Gasteiger partial charge in [-0.25, -0.2) is 0 Å². The van der Waals surface area contributed by atoms with Crippen molar-refractivity contribution in [3.63, 3.8) is 0 Å². The number of carbonyl (C=O) groups excluding carboxylic acids is 2. The van der Waals surface area contributed by atoms with Crippen molar-refractivity contribution in [1.82, 2.24) is 5.32 Å². The number of thioether (sulfide) groups is 1. The first-order valence-corrected chi connectivity index (χ1v) is 7.40. The van der Waals surface area contributed by atoms with Crippen LogP contribution in [0.4, 0.5) is 0 Å². The molecule has 1 aromatic rings. The number of nitrogens with one attached hydrogen (secondary N) is 1. The van der Waals surface area contributed by atoms with Gasteiger partial charge in [-0.05, 0) is 35.5 Å². The minimum atomic E-state index is -0.410. The molecule has 1 heterocycles. The summed E-state index contributed by atoms with van der Waals surface area (Å²) >= 11 is 1.10. The number of methoxy groups -OCH3 is 3. The minimum absolute atomic E-state index is 0.265. The van der Waals surface area contributed by atoms with Crippen molar-refractivity contribution in [3.05, 3.63) is 22.6 Å². The number of aliphatic imine (C=N–C) groups is 1. The second-order valence-electron chi connectivity index (χ2n) is 4.47. The van der Waals surface area contributed by atoms with Gasteiger partial charge in [0.05, 0.1) is 26.2 Å². The fraction of sp³-hybridized carbons (Fsp3) is 0.267. The van der Waals surface area contributed by atoms with Crippen LogP contribution in [0.3, 0.4) is 0 Å². The van der Waals surface area contributed by atoms with E-state index in [0.717, 1.165) is 11.8 Å². The summed E-state index contributed by atoms with van der Waals surface area (Å²) < 4.78 is 15.8. The molecule has 0 bridgehead atoms. The summed E-state index contributed by atoms with van der Waals surface area (Å²) in [6.07, 6.45) is 1.65. The van der Waals surface area contributed by atoms with Crippen LogP contribution in [0.1, 0.15) is 12.5 Å². The topological polar surface area (TPSA) is 86.2 Å². The second-order valence-corrected chi connectivity index (χ2v) is 5.50. The lowest BCUT2D eigenvalue weighted by atomic mass is 10.1. The molecule has 1 N–H and O–H groups in total. The van der Waals surface area contributed by atoms with Crippen LogP contribution >= 0.6 is 11.8 Å². The van der Waals surface area contributed by atoms with E-state index >= 15 is 0 Å². The van der Waals surface area contributed by atoms with Crippen molar-refractivity contribution < 1.29 is 23.8 Å². The molecule has 0 atom stereocenters. The molecule has 7 nitrogen and oxygen atoms in total. The minimum Gasteiger partial charge on any atom is -0.493 e. The van der Waals surface area contributed by atoms with Crippen LogP contribution in [0.2, 0.25) is 0 Å². The van der Waals surface area contributed by atoms with Gasteiger partial charge < -0.3 is 19.5 Å². The first kappa shape index (κ1) is 16.9. The Hall–Kier alpha value is -2.48. The fourth-order valence-corrected chi connectivity index (χ4v) is 2.81. The molecule has 0 saturated carbocycles. The molecule has 2 rings (SSSR count). The summed E-state index contributed by atoms with van der Waals surface area (Å²) in [6.45, 7) is 1.36. The van der Waals surface area contributed by atoms with E-state index in [1.807, 2.05) is 0 Å². The molecule has 23 heavy (non-hydrogen) atoms. The first-order chi connectivity index (χ1) is 11.0. The molecule has 0 aliphatic carbocycles. The van der Waals surface area contributed by atoms with Crippen molar-refractivity contribution >= 4 is 34.8 Å². The van der Waals surface area contributed by atoms with E-state index in [-0.39, 0.29) is 11.1 Å². The van der Waals surface area contributed by atoms with Crippen LogP contribution in [-0.2, 0) is 9.59 Å². The highest BCUT2D eigenvalue weighted by Crippen LogP contribution is 2.39. The Kier molecular flexibility index (Phi) is 5.28. The maximum absolute atomic E-state index is 11.9. The number of amides is 2. The number of benzene rings is 1. The van der Waals surface area contributed by atoms with Crippen LogP contribution in [0.5, 0.6) is 17.2 Å². The zero-order valence-corrected chi connectivity index (χ0v) is 13.9. The molecule has 1 aliphatic heterocycles. The first-order valence-electron chi connectivity index (χ1n) is 6.58. The average molecular weight is 336 g/mol. The van der Waals surface area contributed by atoms with Gasteiger partial charge in [-0.3, -0.25) is 9.59 Å². The largest absolute Gasteiger partial charge is 0.493 e. The van der Waals surface area contributed by atoms with E-state index in [1.54, 1.807) is 18.2 Å². The van der Waals surface area contributed by atoms with Crippen molar-refractivity contribution in [2.75, 3.05) is 21.3 Å². The lowest BCUT2D eigenvalue weighted by Crippen LogP contribution is -2.23. The average Bonchev–Trinajstić information content (AvgIpc) is 2.84. The normalized spacial score (nSPS) is 15.4. The zero-order chi connectivity index (χ0) is 17.0. The molecule has 1 aromatic carbocycles. The number of nitrogens with zero attached hydrogens (tertiary/aromatic N) is 1. The van der Waals surface area contributed by atoms with Gasteiger partial charge in [0.2, 0.25) is 11.7 Å². The molecule has 0 saturated heterocycles. The fourth-order valence-electron chi connectivity index (χ4n) is 1.95. The molecular weight excluding hydrogens is 320 g/mol. The smallest absolute Gasteiger partial charge is 0.286 e. The SMILES string of the molecule is COc1cc(C=C2SC(NC(C)=O)=NC2=O)cc(OC)c1OC. The van der Waals surface area contributed by atoms with Gasteiger partial charge in [0.15, 0.2) is 16.7 Å². The Morgan fingerprint density at radius 3 is 2.26 bits per heavy atom. The van der Waals surface area contributed by atoms with E-state index in [2.05, 4.69) is 10.3 Å². The second kappa shape index (κ2) is 7.19. The number of ether oxygens (including phenoxy) is 3. The van der Waals surface area contributed by atoms with Crippen molar-refractivity contribution in [2.45, 2.75) is 6.92 Å². The monoisotopic (exact) mass is 336 g/mol. The third kappa shape index (κ3) is 3.84. The Bertz CT molecular complexity index is 687. The predicted octanol–water partition coefficient (Wildman–Crippen LogP) is 1.82. The molecule has 0 spiro atoms. The molecule has 0 radical (unpaired) electrons. The van der Waals surface area contributed by atoms with E-state index in [0.29, 0.717) is 27.7 Å². The van der Waals surface area contributed by atoms with Crippen molar-refractivity contribution in [1.29, 1.82) is 0 Å². The highest BCUT2D eigenvalue weighted by molar-refractivity contribution is 8.18. The van der Waals surface area contributed by atoms with Gasteiger partial charge in [0.1, 0.15) is 0 Å². The Balaban J connectivity index is 2.33. The van der Waals surface area contributed by atoms with E-state index in [9.17, 15) is 9.59 Å². The number of amidine groups is 1. The lowest BCUT2D eigenvalue weighted by molar-refractivity contribution is -0.117. The standard InChI is InChI=1S/C15H16N2O5S/c1-8(18)16-15-17-14(19)12(23-15)7-9-5-10(20-2)13(22-4)11(6-9)21-3/h5-7H,1-4H3,(H,16,17,18,19). The highest BCUT2D eigenvalue weighted by Gasteiger charge is 2.23. The predicted molar refractivity (Wildman–Crippen MR) is 87.9 cm³/mol. The van der Waals surface area contributed by atoms with Gasteiger partial charge in [0.25, 0.3) is 5.91 Å². The summed E-state index contributed by atoms with van der Waals surface area (Å²) in [4.78, 5) is 27.1. The van der Waals surface area contributed by atoms with Gasteiger partial charge in [-0.2, -0.15) is 4.99 Å². The van der Waals surface area contributed by atoms with Crippen LogP contribution < -0.4 is 19.5 Å². The van der Waals surface area contributed by atoms with Gasteiger partial charge >= 0.3 is 0 Å². The summed E-state index contributed by atoms with van der Waals surface area (Å²) in [6, 6.07) is 3.44. The third-order valence-electron chi connectivity index (χ3n) is 2.89. The van der Waals surface area contributed by atoms with Gasteiger partial charge in [-0.15, -0.1) is 0 Å². The number of carbonyl (C=O) groups is 2. The van der Waals surface area contributed by atoms with Crippen LogP contribution in [0, 0.1) is 0 Å². The van der Waals surface area contributed by atoms with Crippen molar-refractivity contribution in [2.24, 2.45) is 4.99 Å². The maximum Gasteiger partial charge on any atom is 0.286 e. The Morgan fingerprint density at radius 2 is 1.78 bits per heavy atom.